The fourth-order valence-corrected chi connectivity index (χ4v) is 4.07. The lowest BCUT2D eigenvalue weighted by molar-refractivity contribution is -0.114. The smallest absolute Gasteiger partial charge is 0.264 e. The van der Waals surface area contributed by atoms with Crippen molar-refractivity contribution in [3.8, 4) is 5.75 Å². The molecule has 8 nitrogen and oxygen atoms in total. The first-order valence-electron chi connectivity index (χ1n) is 7.42. The number of hydrogen-bond donors (Lipinski definition) is 2. The van der Waals surface area contributed by atoms with Gasteiger partial charge in [0.15, 0.2) is 9.84 Å². The van der Waals surface area contributed by atoms with Crippen LogP contribution in [0.2, 0.25) is 0 Å². The van der Waals surface area contributed by atoms with Crippen molar-refractivity contribution < 1.29 is 30.8 Å². The van der Waals surface area contributed by atoms with Crippen molar-refractivity contribution in [1.82, 2.24) is 0 Å². The van der Waals surface area contributed by atoms with Gasteiger partial charge in [-0.15, -0.1) is 0 Å². The van der Waals surface area contributed by atoms with Gasteiger partial charge < -0.3 is 10.1 Å². The molecule has 0 aliphatic carbocycles. The van der Waals surface area contributed by atoms with Crippen molar-refractivity contribution in [3.63, 3.8) is 0 Å². The molecule has 2 aromatic rings. The SMILES string of the molecule is COc1ccc(NS(=O)(=O)c2cc(S(C)(=O)=O)ccc2F)cc1NC(C)=O. The number of hydrogen-bond acceptors (Lipinski definition) is 6. The van der Waals surface area contributed by atoms with E-state index >= 15 is 0 Å². The van der Waals surface area contributed by atoms with Gasteiger partial charge >= 0.3 is 0 Å². The molecule has 2 rings (SSSR count). The Kier molecular flexibility index (Phi) is 5.76. The zero-order valence-corrected chi connectivity index (χ0v) is 16.2. The van der Waals surface area contributed by atoms with Gasteiger partial charge in [0, 0.05) is 13.2 Å². The Morgan fingerprint density at radius 1 is 1.07 bits per heavy atom. The Hall–Kier alpha value is -2.66. The van der Waals surface area contributed by atoms with Gasteiger partial charge in [0.05, 0.1) is 23.4 Å². The molecule has 2 N–H and O–H groups in total. The first-order valence-corrected chi connectivity index (χ1v) is 10.8. The number of methoxy groups -OCH3 is 1. The summed E-state index contributed by atoms with van der Waals surface area (Å²) in [5, 5.41) is 2.48. The first-order chi connectivity index (χ1) is 12.4. The van der Waals surface area contributed by atoms with E-state index in [0.717, 1.165) is 24.5 Å². The molecule has 0 atom stereocenters. The normalized spacial score (nSPS) is 11.7. The first kappa shape index (κ1) is 20.6. The highest BCUT2D eigenvalue weighted by atomic mass is 32.2. The lowest BCUT2D eigenvalue weighted by Crippen LogP contribution is -2.16. The topological polar surface area (TPSA) is 119 Å². The number of carbonyl (C=O) groups is 1. The lowest BCUT2D eigenvalue weighted by atomic mass is 10.2. The Labute approximate surface area is 156 Å². The third kappa shape index (κ3) is 4.95. The van der Waals surface area contributed by atoms with Crippen LogP contribution in [0.3, 0.4) is 0 Å². The van der Waals surface area contributed by atoms with E-state index in [2.05, 4.69) is 10.0 Å². The Morgan fingerprint density at radius 2 is 1.74 bits per heavy atom. The van der Waals surface area contributed by atoms with Gasteiger partial charge in [-0.05, 0) is 36.4 Å². The van der Waals surface area contributed by atoms with Crippen molar-refractivity contribution >= 4 is 37.1 Å². The van der Waals surface area contributed by atoms with Gasteiger partial charge in [0.2, 0.25) is 5.91 Å². The van der Waals surface area contributed by atoms with E-state index in [1.807, 2.05) is 0 Å². The summed E-state index contributed by atoms with van der Waals surface area (Å²) in [6.07, 6.45) is 0.882. The Morgan fingerprint density at radius 3 is 2.30 bits per heavy atom. The van der Waals surface area contributed by atoms with E-state index in [1.165, 1.54) is 32.2 Å². The van der Waals surface area contributed by atoms with Crippen LogP contribution in [-0.4, -0.2) is 36.1 Å². The van der Waals surface area contributed by atoms with Crippen molar-refractivity contribution in [2.45, 2.75) is 16.7 Å². The molecule has 0 radical (unpaired) electrons. The van der Waals surface area contributed by atoms with Crippen LogP contribution in [-0.2, 0) is 24.7 Å². The summed E-state index contributed by atoms with van der Waals surface area (Å²) in [7, 11) is -6.79. The fraction of sp³-hybridized carbons (Fsp3) is 0.188. The number of ether oxygens (including phenoxy) is 1. The van der Waals surface area contributed by atoms with E-state index in [4.69, 9.17) is 4.74 Å². The molecule has 0 fully saturated rings. The van der Waals surface area contributed by atoms with Crippen LogP contribution in [0, 0.1) is 5.82 Å². The van der Waals surface area contributed by atoms with Crippen molar-refractivity contribution in [1.29, 1.82) is 0 Å². The highest BCUT2D eigenvalue weighted by Crippen LogP contribution is 2.29. The molecular weight excluding hydrogens is 399 g/mol. The third-order valence-corrected chi connectivity index (χ3v) is 5.89. The van der Waals surface area contributed by atoms with Gasteiger partial charge in [-0.3, -0.25) is 9.52 Å². The Bertz CT molecular complexity index is 1100. The minimum atomic E-state index is -4.43. The molecule has 146 valence electrons. The van der Waals surface area contributed by atoms with E-state index in [9.17, 15) is 26.0 Å². The summed E-state index contributed by atoms with van der Waals surface area (Å²) in [4.78, 5) is 10.1. The number of nitrogens with one attached hydrogen (secondary N) is 2. The highest BCUT2D eigenvalue weighted by Gasteiger charge is 2.22. The largest absolute Gasteiger partial charge is 0.495 e. The summed E-state index contributed by atoms with van der Waals surface area (Å²) in [6.45, 7) is 1.27. The molecule has 2 aromatic carbocycles. The van der Waals surface area contributed by atoms with E-state index in [1.54, 1.807) is 0 Å². The van der Waals surface area contributed by atoms with Crippen LogP contribution in [0.25, 0.3) is 0 Å². The molecule has 1 amide bonds. The summed E-state index contributed by atoms with van der Waals surface area (Å²) >= 11 is 0. The summed E-state index contributed by atoms with van der Waals surface area (Å²) in [5.74, 6) is -1.22. The number of benzene rings is 2. The van der Waals surface area contributed by atoms with Gasteiger partial charge in [-0.1, -0.05) is 0 Å². The molecule has 0 saturated carbocycles. The average molecular weight is 416 g/mol. The number of halogens is 1. The van der Waals surface area contributed by atoms with Crippen molar-refractivity contribution in [3.05, 3.63) is 42.2 Å². The van der Waals surface area contributed by atoms with Crippen LogP contribution in [0.4, 0.5) is 15.8 Å². The number of sulfonamides is 1. The molecule has 0 bridgehead atoms. The van der Waals surface area contributed by atoms with Crippen molar-refractivity contribution in [2.75, 3.05) is 23.4 Å². The zero-order chi connectivity index (χ0) is 20.4. The number of amides is 1. The second kappa shape index (κ2) is 7.53. The molecule has 0 spiro atoms. The standard InChI is InChI=1S/C16H17FN2O6S2/c1-10(20)18-14-8-11(4-7-15(14)25-2)19-27(23,24)16-9-12(26(3,21)22)5-6-13(16)17/h4-9,19H,1-3H3,(H,18,20). The third-order valence-electron chi connectivity index (χ3n) is 3.38. The number of anilines is 2. The number of rotatable bonds is 6. The molecule has 11 heteroatoms. The minimum absolute atomic E-state index is 0.0173. The molecule has 0 saturated heterocycles. The van der Waals surface area contributed by atoms with Gasteiger partial charge in [-0.2, -0.15) is 0 Å². The molecular formula is C16H17FN2O6S2. The molecule has 0 aliphatic rings. The summed E-state index contributed by atoms with van der Waals surface area (Å²) < 4.78 is 69.5. The van der Waals surface area contributed by atoms with Crippen LogP contribution in [0.15, 0.2) is 46.2 Å². The molecule has 27 heavy (non-hydrogen) atoms. The second-order valence-electron chi connectivity index (χ2n) is 5.57. The molecule has 0 aromatic heterocycles. The minimum Gasteiger partial charge on any atom is -0.495 e. The summed E-state index contributed by atoms with van der Waals surface area (Å²) in [6, 6.07) is 6.53. The number of sulfone groups is 1. The quantitative estimate of drug-likeness (QED) is 0.696. The van der Waals surface area contributed by atoms with Crippen LogP contribution in [0.5, 0.6) is 5.75 Å². The van der Waals surface area contributed by atoms with Crippen LogP contribution < -0.4 is 14.8 Å². The fourth-order valence-electron chi connectivity index (χ4n) is 2.19. The second-order valence-corrected chi connectivity index (χ2v) is 9.23. The maximum Gasteiger partial charge on any atom is 0.264 e. The van der Waals surface area contributed by atoms with Crippen LogP contribution >= 0.6 is 0 Å². The van der Waals surface area contributed by atoms with E-state index < -0.39 is 36.5 Å². The van der Waals surface area contributed by atoms with E-state index in [-0.39, 0.29) is 16.3 Å². The molecule has 0 aliphatic heterocycles. The van der Waals surface area contributed by atoms with Gasteiger partial charge in [-0.25, -0.2) is 21.2 Å². The van der Waals surface area contributed by atoms with Crippen molar-refractivity contribution in [2.24, 2.45) is 0 Å². The maximum absolute atomic E-state index is 14.0. The average Bonchev–Trinajstić information content (AvgIpc) is 2.53. The van der Waals surface area contributed by atoms with E-state index in [0.29, 0.717) is 5.75 Å². The van der Waals surface area contributed by atoms with Crippen LogP contribution in [0.1, 0.15) is 6.92 Å². The lowest BCUT2D eigenvalue weighted by Gasteiger charge is -2.13. The van der Waals surface area contributed by atoms with Gasteiger partial charge in [0.1, 0.15) is 16.5 Å². The summed E-state index contributed by atoms with van der Waals surface area (Å²) in [5.41, 5.74) is 0.222. The van der Waals surface area contributed by atoms with Gasteiger partial charge in [0.25, 0.3) is 10.0 Å². The Balaban J connectivity index is 2.46. The maximum atomic E-state index is 14.0. The number of carbonyl (C=O) groups excluding carboxylic acids is 1. The predicted octanol–water partition coefficient (Wildman–Crippen LogP) is 2.00. The molecule has 0 unspecified atom stereocenters. The highest BCUT2D eigenvalue weighted by molar-refractivity contribution is 7.93. The molecule has 0 heterocycles. The monoisotopic (exact) mass is 416 g/mol. The predicted molar refractivity (Wildman–Crippen MR) is 97.6 cm³/mol. The zero-order valence-electron chi connectivity index (χ0n) is 14.6.